The third-order valence-corrected chi connectivity index (χ3v) is 13.5. The molecule has 0 aliphatic carbocycles. The number of aliphatic hydroxyl groups is 1. The number of phosphoric acid groups is 1. The Balaban J connectivity index is 4.19. The van der Waals surface area contributed by atoms with Crippen LogP contribution in [0.25, 0.3) is 0 Å². The average Bonchev–Trinajstić information content (AvgIpc) is 3.23. The number of hydrogen-bond donors (Lipinski definition) is 2. The average molecular weight is 899 g/mol. The molecular formula is C53H107N2O6P. The standard InChI is InChI=1S/C53H107N2O6P/c1-6-8-10-12-14-16-18-20-22-24-25-26-27-28-29-31-33-35-37-39-41-43-45-47-53(57)54-51(50-61-62(58,59)60-49-48-55(3,4)5)52(56)46-44-42-40-38-36-34-32-30-23-21-19-17-15-13-11-9-7-2/h36,38,51-52,56H,6-35,37,39-50H2,1-5H3,(H-,54,57,58,59)/b38-36+/t51-,52+/m0/s1. The van der Waals surface area contributed by atoms with E-state index in [1.54, 1.807) is 0 Å². The maximum absolute atomic E-state index is 12.9. The van der Waals surface area contributed by atoms with Gasteiger partial charge in [-0.05, 0) is 38.5 Å². The molecule has 1 amide bonds. The molecule has 0 aliphatic heterocycles. The quantitative estimate of drug-likeness (QED) is 0.0272. The normalized spacial score (nSPS) is 14.1. The topological polar surface area (TPSA) is 108 Å². The fourth-order valence-electron chi connectivity index (χ4n) is 8.21. The van der Waals surface area contributed by atoms with Crippen LogP contribution in [0.5, 0.6) is 0 Å². The van der Waals surface area contributed by atoms with Gasteiger partial charge in [-0.1, -0.05) is 238 Å². The predicted molar refractivity (Wildman–Crippen MR) is 266 cm³/mol. The van der Waals surface area contributed by atoms with E-state index < -0.39 is 20.0 Å². The molecule has 0 aromatic carbocycles. The number of phosphoric ester groups is 1. The van der Waals surface area contributed by atoms with Gasteiger partial charge in [0.25, 0.3) is 7.82 Å². The van der Waals surface area contributed by atoms with Crippen LogP contribution in [-0.4, -0.2) is 68.5 Å². The first-order chi connectivity index (χ1) is 30.0. The first-order valence-corrected chi connectivity index (χ1v) is 28.5. The maximum Gasteiger partial charge on any atom is 0.268 e. The first kappa shape index (κ1) is 61.2. The van der Waals surface area contributed by atoms with E-state index in [0.29, 0.717) is 23.9 Å². The van der Waals surface area contributed by atoms with E-state index in [1.807, 2.05) is 21.1 Å². The summed E-state index contributed by atoms with van der Waals surface area (Å²) in [7, 11) is 1.30. The summed E-state index contributed by atoms with van der Waals surface area (Å²) in [6.45, 7) is 4.74. The minimum Gasteiger partial charge on any atom is -0.756 e. The lowest BCUT2D eigenvalue weighted by atomic mass is 10.0. The van der Waals surface area contributed by atoms with Crippen LogP contribution >= 0.6 is 7.82 Å². The van der Waals surface area contributed by atoms with Crippen LogP contribution in [0.4, 0.5) is 0 Å². The summed E-state index contributed by atoms with van der Waals surface area (Å²) in [5.41, 5.74) is 0. The van der Waals surface area contributed by atoms with Crippen LogP contribution < -0.4 is 10.2 Å². The van der Waals surface area contributed by atoms with Gasteiger partial charge in [-0.15, -0.1) is 0 Å². The van der Waals surface area contributed by atoms with Crippen molar-refractivity contribution in [3.63, 3.8) is 0 Å². The number of allylic oxidation sites excluding steroid dienone is 2. The molecule has 62 heavy (non-hydrogen) atoms. The summed E-state index contributed by atoms with van der Waals surface area (Å²) in [4.78, 5) is 25.5. The van der Waals surface area contributed by atoms with Crippen LogP contribution in [0.3, 0.4) is 0 Å². The molecule has 2 N–H and O–H groups in total. The van der Waals surface area contributed by atoms with E-state index in [9.17, 15) is 19.4 Å². The van der Waals surface area contributed by atoms with Gasteiger partial charge < -0.3 is 28.8 Å². The molecule has 0 saturated heterocycles. The molecule has 370 valence electrons. The number of unbranched alkanes of at least 4 members (excludes halogenated alkanes) is 35. The van der Waals surface area contributed by atoms with E-state index in [-0.39, 0.29) is 19.1 Å². The zero-order valence-corrected chi connectivity index (χ0v) is 43.0. The highest BCUT2D eigenvalue weighted by molar-refractivity contribution is 7.45. The molecule has 0 aromatic heterocycles. The molecule has 0 aliphatic rings. The smallest absolute Gasteiger partial charge is 0.268 e. The third-order valence-electron chi connectivity index (χ3n) is 12.5. The van der Waals surface area contributed by atoms with Gasteiger partial charge in [0.05, 0.1) is 39.9 Å². The molecule has 0 aromatic rings. The molecule has 8 nitrogen and oxygen atoms in total. The van der Waals surface area contributed by atoms with Gasteiger partial charge in [0.15, 0.2) is 0 Å². The van der Waals surface area contributed by atoms with E-state index >= 15 is 0 Å². The van der Waals surface area contributed by atoms with Crippen molar-refractivity contribution in [2.45, 2.75) is 283 Å². The number of rotatable bonds is 50. The second-order valence-corrected chi connectivity index (χ2v) is 21.4. The van der Waals surface area contributed by atoms with Crippen LogP contribution in [0, 0.1) is 0 Å². The van der Waals surface area contributed by atoms with Crippen molar-refractivity contribution in [1.82, 2.24) is 5.32 Å². The summed E-state index contributed by atoms with van der Waals surface area (Å²) in [5.74, 6) is -0.168. The molecule has 9 heteroatoms. The Bertz CT molecular complexity index is 1020. The second kappa shape index (κ2) is 45.4. The van der Waals surface area contributed by atoms with Crippen molar-refractivity contribution in [3.8, 4) is 0 Å². The molecule has 0 fully saturated rings. The largest absolute Gasteiger partial charge is 0.756 e. The van der Waals surface area contributed by atoms with Crippen molar-refractivity contribution in [2.75, 3.05) is 40.9 Å². The number of hydrogen-bond acceptors (Lipinski definition) is 6. The van der Waals surface area contributed by atoms with Crippen molar-refractivity contribution in [2.24, 2.45) is 0 Å². The van der Waals surface area contributed by atoms with Gasteiger partial charge in [-0.2, -0.15) is 0 Å². The van der Waals surface area contributed by atoms with Crippen LogP contribution in [0.1, 0.15) is 271 Å². The van der Waals surface area contributed by atoms with E-state index in [0.717, 1.165) is 44.9 Å². The van der Waals surface area contributed by atoms with E-state index in [1.165, 1.54) is 199 Å². The summed E-state index contributed by atoms with van der Waals surface area (Å²) in [6, 6.07) is -0.812. The van der Waals surface area contributed by atoms with Gasteiger partial charge in [0.1, 0.15) is 13.2 Å². The monoisotopic (exact) mass is 899 g/mol. The first-order valence-electron chi connectivity index (χ1n) is 27.0. The number of carbonyl (C=O) groups excluding carboxylic acids is 1. The van der Waals surface area contributed by atoms with Crippen molar-refractivity contribution in [1.29, 1.82) is 0 Å². The third kappa shape index (κ3) is 47.2. The molecule has 0 heterocycles. The Hall–Kier alpha value is -0.760. The lowest BCUT2D eigenvalue weighted by Crippen LogP contribution is -2.46. The van der Waals surface area contributed by atoms with Gasteiger partial charge in [-0.3, -0.25) is 9.36 Å². The van der Waals surface area contributed by atoms with Gasteiger partial charge in [0.2, 0.25) is 5.91 Å². The van der Waals surface area contributed by atoms with Crippen LogP contribution in [0.15, 0.2) is 12.2 Å². The summed E-state index contributed by atoms with van der Waals surface area (Å²) in [5, 5.41) is 14.0. The molecule has 0 saturated carbocycles. The Morgan fingerprint density at radius 2 is 0.887 bits per heavy atom. The zero-order valence-electron chi connectivity index (χ0n) is 42.1. The lowest BCUT2D eigenvalue weighted by molar-refractivity contribution is -0.870. The fourth-order valence-corrected chi connectivity index (χ4v) is 8.94. The minimum atomic E-state index is -4.57. The van der Waals surface area contributed by atoms with Gasteiger partial charge >= 0.3 is 0 Å². The van der Waals surface area contributed by atoms with Crippen LogP contribution in [-0.2, 0) is 18.4 Å². The molecule has 0 spiro atoms. The van der Waals surface area contributed by atoms with Crippen molar-refractivity contribution in [3.05, 3.63) is 12.2 Å². The highest BCUT2D eigenvalue weighted by Gasteiger charge is 2.24. The Kier molecular flexibility index (Phi) is 44.8. The van der Waals surface area contributed by atoms with Crippen molar-refractivity contribution < 1.29 is 32.9 Å². The molecule has 0 radical (unpaired) electrons. The Morgan fingerprint density at radius 3 is 1.26 bits per heavy atom. The minimum absolute atomic E-state index is 0.0101. The number of amides is 1. The second-order valence-electron chi connectivity index (χ2n) is 19.9. The highest BCUT2D eigenvalue weighted by Crippen LogP contribution is 2.38. The van der Waals surface area contributed by atoms with E-state index in [4.69, 9.17) is 9.05 Å². The number of quaternary nitrogens is 1. The number of nitrogens with zero attached hydrogens (tertiary/aromatic N) is 1. The number of carbonyl (C=O) groups is 1. The number of aliphatic hydroxyl groups excluding tert-OH is 1. The Morgan fingerprint density at radius 1 is 0.548 bits per heavy atom. The Labute approximate surface area is 386 Å². The summed E-state index contributed by atoms with van der Waals surface area (Å²) >= 11 is 0. The molecule has 3 atom stereocenters. The number of nitrogens with one attached hydrogen (secondary N) is 1. The molecule has 0 rings (SSSR count). The molecule has 0 bridgehead atoms. The number of likely N-dealkylation sites (N-methyl/N-ethyl adjacent to an activating group) is 1. The van der Waals surface area contributed by atoms with Crippen molar-refractivity contribution >= 4 is 13.7 Å². The predicted octanol–water partition coefficient (Wildman–Crippen LogP) is 15.2. The van der Waals surface area contributed by atoms with Gasteiger partial charge in [0, 0.05) is 6.42 Å². The molecular weight excluding hydrogens is 792 g/mol. The van der Waals surface area contributed by atoms with E-state index in [2.05, 4.69) is 31.3 Å². The highest BCUT2D eigenvalue weighted by atomic mass is 31.2. The van der Waals surface area contributed by atoms with Crippen LogP contribution in [0.2, 0.25) is 0 Å². The summed E-state index contributed by atoms with van der Waals surface area (Å²) in [6.07, 6.45) is 53.8. The fraction of sp³-hybridized carbons (Fsp3) is 0.943. The molecule has 1 unspecified atom stereocenters. The maximum atomic E-state index is 12.9. The SMILES string of the molecule is CCCCCCCCCCCCC/C=C/CCCC[C@@H](O)[C@H](COP(=O)([O-])OCC[N+](C)(C)C)NC(=O)CCCCCCCCCCCCCCCCCCCCCCCCC. The lowest BCUT2D eigenvalue weighted by Gasteiger charge is -2.30. The summed E-state index contributed by atoms with van der Waals surface area (Å²) < 4.78 is 23.4. The van der Waals surface area contributed by atoms with Gasteiger partial charge in [-0.25, -0.2) is 0 Å². The zero-order chi connectivity index (χ0) is 45.7.